The van der Waals surface area contributed by atoms with Crippen LogP contribution in [0.25, 0.3) is 0 Å². The summed E-state index contributed by atoms with van der Waals surface area (Å²) in [5, 5.41) is 30.4. The van der Waals surface area contributed by atoms with Gasteiger partial charge < -0.3 is 10.4 Å². The maximum atomic E-state index is 14.7. The van der Waals surface area contributed by atoms with Gasteiger partial charge in [0.15, 0.2) is 6.19 Å². The number of thioether (sulfide) groups is 1. The van der Waals surface area contributed by atoms with Crippen LogP contribution in [0.4, 0.5) is 8.78 Å². The van der Waals surface area contributed by atoms with Crippen molar-refractivity contribution in [2.24, 2.45) is 10.1 Å². The van der Waals surface area contributed by atoms with E-state index in [1.54, 1.807) is 13.1 Å². The molecule has 2 atom stereocenters. The minimum absolute atomic E-state index is 0.0617. The smallest absolute Gasteiger partial charge is 0.273 e. The van der Waals surface area contributed by atoms with Crippen molar-refractivity contribution < 1.29 is 18.7 Å². The molecule has 8 nitrogen and oxygen atoms in total. The summed E-state index contributed by atoms with van der Waals surface area (Å²) < 4.78 is 28.6. The van der Waals surface area contributed by atoms with E-state index in [1.807, 2.05) is 30.3 Å². The van der Waals surface area contributed by atoms with Crippen LogP contribution in [-0.4, -0.2) is 46.7 Å². The van der Waals surface area contributed by atoms with Gasteiger partial charge in [0.25, 0.3) is 5.91 Å². The molecule has 11 heteroatoms. The van der Waals surface area contributed by atoms with Crippen LogP contribution in [0.5, 0.6) is 0 Å². The van der Waals surface area contributed by atoms with Gasteiger partial charge in [-0.3, -0.25) is 15.1 Å². The number of carbonyl (C=O) groups is 1. The Hall–Kier alpha value is -3.49. The van der Waals surface area contributed by atoms with Crippen molar-refractivity contribution in [1.82, 2.24) is 15.6 Å². The van der Waals surface area contributed by atoms with Gasteiger partial charge in [0.2, 0.25) is 5.96 Å². The topological polar surface area (TPSA) is 113 Å². The third-order valence-corrected chi connectivity index (χ3v) is 6.89. The SMILES string of the molecule is CC[C@H](O)C(=O)N1N=C(c2cc(F)ccc2F)SC1(CCCNC(=NC)NC#N)c1ccccc1. The van der Waals surface area contributed by atoms with Gasteiger partial charge in [0.1, 0.15) is 27.7 Å². The maximum Gasteiger partial charge on any atom is 0.273 e. The van der Waals surface area contributed by atoms with E-state index in [-0.39, 0.29) is 17.0 Å². The third-order valence-electron chi connectivity index (χ3n) is 5.45. The molecule has 1 heterocycles. The highest BCUT2D eigenvalue weighted by Gasteiger charge is 2.49. The van der Waals surface area contributed by atoms with E-state index < -0.39 is 28.5 Å². The number of nitrogens with zero attached hydrogens (tertiary/aromatic N) is 4. The van der Waals surface area contributed by atoms with Gasteiger partial charge in [-0.15, -0.1) is 0 Å². The van der Waals surface area contributed by atoms with E-state index in [4.69, 9.17) is 5.26 Å². The number of benzene rings is 2. The number of aliphatic imine (C=N–C) groups is 1. The van der Waals surface area contributed by atoms with Crippen LogP contribution in [0.2, 0.25) is 0 Å². The quantitative estimate of drug-likeness (QED) is 0.169. The Morgan fingerprint density at radius 3 is 2.71 bits per heavy atom. The molecular weight excluding hydrogens is 474 g/mol. The normalized spacial score (nSPS) is 18.6. The fourth-order valence-corrected chi connectivity index (χ4v) is 5.08. The molecule has 0 bridgehead atoms. The van der Waals surface area contributed by atoms with Gasteiger partial charge >= 0.3 is 0 Å². The van der Waals surface area contributed by atoms with Gasteiger partial charge in [-0.05, 0) is 43.0 Å². The highest BCUT2D eigenvalue weighted by atomic mass is 32.2. The minimum atomic E-state index is -1.31. The lowest BCUT2D eigenvalue weighted by atomic mass is 9.99. The molecule has 0 aliphatic carbocycles. The van der Waals surface area contributed by atoms with Gasteiger partial charge in [0, 0.05) is 19.2 Å². The number of aliphatic hydroxyl groups excluding tert-OH is 1. The van der Waals surface area contributed by atoms with Crippen LogP contribution >= 0.6 is 11.8 Å². The van der Waals surface area contributed by atoms with Crippen molar-refractivity contribution in [1.29, 1.82) is 5.26 Å². The Bertz CT molecular complexity index is 1150. The number of halogens is 2. The zero-order valence-corrected chi connectivity index (χ0v) is 20.1. The molecule has 0 fully saturated rings. The molecule has 1 amide bonds. The average Bonchev–Trinajstić information content (AvgIpc) is 3.27. The first-order valence-electron chi connectivity index (χ1n) is 11.0. The number of hydrogen-bond acceptors (Lipinski definition) is 6. The molecule has 1 aliphatic heterocycles. The molecule has 2 aromatic rings. The number of amides is 1. The summed E-state index contributed by atoms with van der Waals surface area (Å²) in [7, 11) is 1.53. The molecule has 2 aromatic carbocycles. The summed E-state index contributed by atoms with van der Waals surface area (Å²) in [5.41, 5.74) is 0.657. The van der Waals surface area contributed by atoms with Crippen molar-refractivity contribution >= 4 is 28.7 Å². The summed E-state index contributed by atoms with van der Waals surface area (Å²) in [6, 6.07) is 12.2. The number of hydrazone groups is 1. The summed E-state index contributed by atoms with van der Waals surface area (Å²) in [5.74, 6) is -1.63. The number of guanidine groups is 1. The van der Waals surface area contributed by atoms with Crippen molar-refractivity contribution in [3.63, 3.8) is 0 Å². The molecule has 3 rings (SSSR count). The van der Waals surface area contributed by atoms with E-state index in [0.29, 0.717) is 25.3 Å². The van der Waals surface area contributed by atoms with Crippen LogP contribution in [-0.2, 0) is 9.67 Å². The van der Waals surface area contributed by atoms with E-state index >= 15 is 0 Å². The Kier molecular flexibility index (Phi) is 8.78. The molecular formula is C24H26F2N6O2S. The molecule has 1 aliphatic rings. The largest absolute Gasteiger partial charge is 0.383 e. The van der Waals surface area contributed by atoms with Crippen molar-refractivity contribution in [3.05, 3.63) is 71.3 Å². The standard InChI is InChI=1S/C24H26F2N6O2S/c1-3-20(33)22(34)32-24(16-8-5-4-6-9-16,12-7-13-29-23(28-2)30-15-27)35-21(31-32)18-14-17(25)10-11-19(18)26/h4-6,8-11,14,20,33H,3,7,12-13H2,1-2H3,(H2,28,29,30)/t20-,24?/m0/s1. The fraction of sp³-hybridized carbons (Fsp3) is 0.333. The van der Waals surface area contributed by atoms with Gasteiger partial charge in [-0.2, -0.15) is 10.4 Å². The van der Waals surface area contributed by atoms with Crippen LogP contribution in [0, 0.1) is 23.1 Å². The first-order chi connectivity index (χ1) is 16.9. The lowest BCUT2D eigenvalue weighted by Gasteiger charge is -2.36. The zero-order valence-electron chi connectivity index (χ0n) is 19.3. The molecule has 1 unspecified atom stereocenters. The predicted molar refractivity (Wildman–Crippen MR) is 131 cm³/mol. The van der Waals surface area contributed by atoms with Crippen LogP contribution in [0.15, 0.2) is 58.6 Å². The van der Waals surface area contributed by atoms with E-state index in [1.165, 1.54) is 12.1 Å². The highest BCUT2D eigenvalue weighted by Crippen LogP contribution is 2.50. The maximum absolute atomic E-state index is 14.7. The lowest BCUT2D eigenvalue weighted by Crippen LogP contribution is -2.46. The van der Waals surface area contributed by atoms with Crippen molar-refractivity contribution in [3.8, 4) is 6.19 Å². The van der Waals surface area contributed by atoms with E-state index in [2.05, 4.69) is 20.7 Å². The van der Waals surface area contributed by atoms with Gasteiger partial charge in [-0.25, -0.2) is 13.8 Å². The number of rotatable bonds is 8. The number of nitrogens with one attached hydrogen (secondary N) is 2. The first-order valence-corrected chi connectivity index (χ1v) is 11.8. The predicted octanol–water partition coefficient (Wildman–Crippen LogP) is 3.25. The van der Waals surface area contributed by atoms with Crippen LogP contribution in [0.1, 0.15) is 37.3 Å². The molecule has 3 N–H and O–H groups in total. The minimum Gasteiger partial charge on any atom is -0.383 e. The summed E-state index contributed by atoms with van der Waals surface area (Å²) >= 11 is 1.14. The second kappa shape index (κ2) is 11.8. The number of hydrogen-bond donors (Lipinski definition) is 3. The van der Waals surface area contributed by atoms with E-state index in [0.717, 1.165) is 35.5 Å². The second-order valence-electron chi connectivity index (χ2n) is 7.70. The Morgan fingerprint density at radius 1 is 1.31 bits per heavy atom. The molecule has 0 saturated carbocycles. The molecule has 0 radical (unpaired) electrons. The average molecular weight is 501 g/mol. The molecule has 35 heavy (non-hydrogen) atoms. The van der Waals surface area contributed by atoms with E-state index in [9.17, 15) is 18.7 Å². The number of carbonyl (C=O) groups excluding carboxylic acids is 1. The van der Waals surface area contributed by atoms with Crippen LogP contribution in [0.3, 0.4) is 0 Å². The first kappa shape index (κ1) is 26.1. The van der Waals surface area contributed by atoms with Gasteiger partial charge in [-0.1, -0.05) is 49.0 Å². The third kappa shape index (κ3) is 5.78. The molecule has 0 aromatic heterocycles. The van der Waals surface area contributed by atoms with Gasteiger partial charge in [0.05, 0.1) is 0 Å². The Labute approximate surface area is 206 Å². The highest BCUT2D eigenvalue weighted by molar-refractivity contribution is 8.15. The Balaban J connectivity index is 2.01. The molecule has 0 spiro atoms. The van der Waals surface area contributed by atoms with Crippen molar-refractivity contribution in [2.75, 3.05) is 13.6 Å². The monoisotopic (exact) mass is 500 g/mol. The second-order valence-corrected chi connectivity index (χ2v) is 8.96. The lowest BCUT2D eigenvalue weighted by molar-refractivity contribution is -0.144. The van der Waals surface area contributed by atoms with Crippen molar-refractivity contribution in [2.45, 2.75) is 37.2 Å². The van der Waals surface area contributed by atoms with Crippen LogP contribution < -0.4 is 10.6 Å². The summed E-state index contributed by atoms with van der Waals surface area (Å²) in [6.07, 6.45) is 1.50. The fourth-order valence-electron chi connectivity index (χ4n) is 3.66. The summed E-state index contributed by atoms with van der Waals surface area (Å²) in [6.45, 7) is 2.07. The number of aliphatic hydroxyl groups is 1. The molecule has 0 saturated heterocycles. The Morgan fingerprint density at radius 2 is 2.06 bits per heavy atom. The number of nitriles is 1. The summed E-state index contributed by atoms with van der Waals surface area (Å²) in [4.78, 5) is 16.1. The zero-order chi connectivity index (χ0) is 25.4. The molecule has 184 valence electrons.